The Morgan fingerprint density at radius 1 is 1.14 bits per heavy atom. The quantitative estimate of drug-likeness (QED) is 0.543. The number of nitrogens with two attached hydrogens (primary N) is 1. The number of hydrogen-bond donors (Lipinski definition) is 2. The number of carbonyl (C=O) groups is 2. The number of unbranched alkanes of at least 4 members (excludes halogenated alkanes) is 2. The zero-order valence-electron chi connectivity index (χ0n) is 13.4. The number of hydrogen-bond acceptors (Lipinski definition) is 4. The summed E-state index contributed by atoms with van der Waals surface area (Å²) in [7, 11) is 0. The smallest absolute Gasteiger partial charge is 0.308 e. The van der Waals surface area contributed by atoms with Crippen molar-refractivity contribution in [3.63, 3.8) is 0 Å². The lowest BCUT2D eigenvalue weighted by molar-refractivity contribution is -0.148. The van der Waals surface area contributed by atoms with E-state index in [2.05, 4.69) is 5.32 Å². The van der Waals surface area contributed by atoms with E-state index in [9.17, 15) is 9.59 Å². The molecule has 0 aliphatic heterocycles. The molecule has 0 aromatic heterocycles. The summed E-state index contributed by atoms with van der Waals surface area (Å²) in [6, 6.07) is 7.32. The van der Waals surface area contributed by atoms with Gasteiger partial charge >= 0.3 is 5.97 Å². The SMILES string of the molecule is CC(C)C(=O)OCc1ccc(NC(=O)CCCCCN)cc1. The second-order valence-electron chi connectivity index (χ2n) is 5.61. The Kier molecular flexibility index (Phi) is 8.22. The number of esters is 1. The van der Waals surface area contributed by atoms with Crippen molar-refractivity contribution in [3.8, 4) is 0 Å². The van der Waals surface area contributed by atoms with Crippen LogP contribution in [0.2, 0.25) is 0 Å². The molecule has 0 atom stereocenters. The predicted octanol–water partition coefficient (Wildman–Crippen LogP) is 2.84. The molecule has 0 radical (unpaired) electrons. The molecule has 1 rings (SSSR count). The van der Waals surface area contributed by atoms with Crippen LogP contribution in [0.25, 0.3) is 0 Å². The number of amides is 1. The highest BCUT2D eigenvalue weighted by Crippen LogP contribution is 2.12. The van der Waals surface area contributed by atoms with Gasteiger partial charge in [0.25, 0.3) is 0 Å². The normalized spacial score (nSPS) is 10.5. The molecule has 5 heteroatoms. The van der Waals surface area contributed by atoms with E-state index in [0.717, 1.165) is 30.5 Å². The van der Waals surface area contributed by atoms with Gasteiger partial charge in [0.1, 0.15) is 6.61 Å². The summed E-state index contributed by atoms with van der Waals surface area (Å²) in [4.78, 5) is 23.1. The Morgan fingerprint density at radius 2 is 1.82 bits per heavy atom. The molecular weight excluding hydrogens is 280 g/mol. The first-order valence-corrected chi connectivity index (χ1v) is 7.78. The molecule has 0 aliphatic carbocycles. The van der Waals surface area contributed by atoms with Gasteiger partial charge in [-0.2, -0.15) is 0 Å². The second-order valence-corrected chi connectivity index (χ2v) is 5.61. The van der Waals surface area contributed by atoms with Crippen molar-refractivity contribution in [3.05, 3.63) is 29.8 Å². The Bertz CT molecular complexity index is 469. The summed E-state index contributed by atoms with van der Waals surface area (Å²) in [5.41, 5.74) is 7.06. The van der Waals surface area contributed by atoms with Crippen molar-refractivity contribution in [1.29, 1.82) is 0 Å². The maximum atomic E-state index is 11.7. The molecule has 122 valence electrons. The molecule has 0 saturated heterocycles. The summed E-state index contributed by atoms with van der Waals surface area (Å²) in [6.07, 6.45) is 3.29. The topological polar surface area (TPSA) is 81.4 Å². The van der Waals surface area contributed by atoms with E-state index in [1.807, 2.05) is 24.3 Å². The van der Waals surface area contributed by atoms with Crippen LogP contribution < -0.4 is 11.1 Å². The fourth-order valence-corrected chi connectivity index (χ4v) is 1.84. The summed E-state index contributed by atoms with van der Waals surface area (Å²) in [6.45, 7) is 4.53. The molecule has 3 N–H and O–H groups in total. The third kappa shape index (κ3) is 7.22. The van der Waals surface area contributed by atoms with E-state index in [4.69, 9.17) is 10.5 Å². The highest BCUT2D eigenvalue weighted by molar-refractivity contribution is 5.90. The van der Waals surface area contributed by atoms with Gasteiger partial charge in [-0.15, -0.1) is 0 Å². The van der Waals surface area contributed by atoms with Gasteiger partial charge in [-0.05, 0) is 37.1 Å². The van der Waals surface area contributed by atoms with Crippen LogP contribution in [0.4, 0.5) is 5.69 Å². The molecule has 0 bridgehead atoms. The lowest BCUT2D eigenvalue weighted by Gasteiger charge is -2.09. The molecular formula is C17H26N2O3. The van der Waals surface area contributed by atoms with Crippen LogP contribution in [0.1, 0.15) is 45.1 Å². The van der Waals surface area contributed by atoms with Gasteiger partial charge in [0.15, 0.2) is 0 Å². The van der Waals surface area contributed by atoms with Crippen LogP contribution in [0, 0.1) is 5.92 Å². The van der Waals surface area contributed by atoms with Crippen molar-refractivity contribution in [2.45, 2.75) is 46.1 Å². The summed E-state index contributed by atoms with van der Waals surface area (Å²) < 4.78 is 5.15. The Balaban J connectivity index is 2.35. The van der Waals surface area contributed by atoms with Crippen LogP contribution in [0.15, 0.2) is 24.3 Å². The number of ether oxygens (including phenoxy) is 1. The minimum atomic E-state index is -0.213. The molecule has 1 aromatic carbocycles. The van der Waals surface area contributed by atoms with E-state index in [1.54, 1.807) is 13.8 Å². The highest BCUT2D eigenvalue weighted by atomic mass is 16.5. The fourth-order valence-electron chi connectivity index (χ4n) is 1.84. The lowest BCUT2D eigenvalue weighted by Crippen LogP contribution is -2.12. The van der Waals surface area contributed by atoms with E-state index >= 15 is 0 Å². The van der Waals surface area contributed by atoms with Gasteiger partial charge in [-0.25, -0.2) is 0 Å². The largest absolute Gasteiger partial charge is 0.461 e. The predicted molar refractivity (Wildman–Crippen MR) is 87.2 cm³/mol. The zero-order chi connectivity index (χ0) is 16.4. The lowest BCUT2D eigenvalue weighted by atomic mass is 10.1. The fraction of sp³-hybridized carbons (Fsp3) is 0.529. The number of carbonyl (C=O) groups excluding carboxylic acids is 2. The van der Waals surface area contributed by atoms with Crippen LogP contribution in [0.3, 0.4) is 0 Å². The molecule has 22 heavy (non-hydrogen) atoms. The number of benzene rings is 1. The molecule has 1 aromatic rings. The maximum absolute atomic E-state index is 11.7. The number of anilines is 1. The van der Waals surface area contributed by atoms with E-state index in [1.165, 1.54) is 0 Å². The average molecular weight is 306 g/mol. The van der Waals surface area contributed by atoms with Crippen LogP contribution >= 0.6 is 0 Å². The van der Waals surface area contributed by atoms with Gasteiger partial charge in [0.2, 0.25) is 5.91 Å². The number of rotatable bonds is 9. The standard InChI is InChI=1S/C17H26N2O3/c1-13(2)17(21)22-12-14-7-9-15(10-8-14)19-16(20)6-4-3-5-11-18/h7-10,13H,3-6,11-12,18H2,1-2H3,(H,19,20). The van der Waals surface area contributed by atoms with Crippen LogP contribution in [-0.4, -0.2) is 18.4 Å². The van der Waals surface area contributed by atoms with E-state index in [0.29, 0.717) is 13.0 Å². The highest BCUT2D eigenvalue weighted by Gasteiger charge is 2.08. The van der Waals surface area contributed by atoms with E-state index < -0.39 is 0 Å². The summed E-state index contributed by atoms with van der Waals surface area (Å²) >= 11 is 0. The molecule has 0 spiro atoms. The van der Waals surface area contributed by atoms with Crippen LogP contribution in [0.5, 0.6) is 0 Å². The third-order valence-corrected chi connectivity index (χ3v) is 3.20. The maximum Gasteiger partial charge on any atom is 0.308 e. The first-order valence-electron chi connectivity index (χ1n) is 7.78. The van der Waals surface area contributed by atoms with Crippen molar-refractivity contribution < 1.29 is 14.3 Å². The van der Waals surface area contributed by atoms with Gasteiger partial charge in [0, 0.05) is 12.1 Å². The minimum absolute atomic E-state index is 0.0102. The van der Waals surface area contributed by atoms with Gasteiger partial charge < -0.3 is 15.8 Å². The zero-order valence-corrected chi connectivity index (χ0v) is 13.4. The molecule has 0 unspecified atom stereocenters. The molecule has 0 saturated carbocycles. The van der Waals surface area contributed by atoms with Crippen molar-refractivity contribution in [2.24, 2.45) is 11.7 Å². The summed E-state index contributed by atoms with van der Waals surface area (Å²) in [5.74, 6) is -0.330. The Hall–Kier alpha value is -1.88. The van der Waals surface area contributed by atoms with E-state index in [-0.39, 0.29) is 24.4 Å². The second kappa shape index (κ2) is 9.95. The van der Waals surface area contributed by atoms with Crippen molar-refractivity contribution in [1.82, 2.24) is 0 Å². The number of nitrogens with one attached hydrogen (secondary N) is 1. The first kappa shape index (κ1) is 18.2. The van der Waals surface area contributed by atoms with Crippen molar-refractivity contribution >= 4 is 17.6 Å². The van der Waals surface area contributed by atoms with Crippen LogP contribution in [-0.2, 0) is 20.9 Å². The minimum Gasteiger partial charge on any atom is -0.461 e. The van der Waals surface area contributed by atoms with Gasteiger partial charge in [-0.1, -0.05) is 32.4 Å². The van der Waals surface area contributed by atoms with Gasteiger partial charge in [0.05, 0.1) is 5.92 Å². The Labute approximate surface area is 132 Å². The van der Waals surface area contributed by atoms with Crippen molar-refractivity contribution in [2.75, 3.05) is 11.9 Å². The third-order valence-electron chi connectivity index (χ3n) is 3.20. The Morgan fingerprint density at radius 3 is 2.41 bits per heavy atom. The molecule has 0 heterocycles. The van der Waals surface area contributed by atoms with Gasteiger partial charge in [-0.3, -0.25) is 9.59 Å². The molecule has 0 aliphatic rings. The monoisotopic (exact) mass is 306 g/mol. The first-order chi connectivity index (χ1) is 10.5. The molecule has 5 nitrogen and oxygen atoms in total. The summed E-state index contributed by atoms with van der Waals surface area (Å²) in [5, 5.41) is 2.85. The molecule has 1 amide bonds. The molecule has 0 fully saturated rings. The average Bonchev–Trinajstić information content (AvgIpc) is 2.50.